The summed E-state index contributed by atoms with van der Waals surface area (Å²) in [7, 11) is 0. The first-order chi connectivity index (χ1) is 10.8. The van der Waals surface area contributed by atoms with E-state index in [1.54, 1.807) is 6.08 Å². The van der Waals surface area contributed by atoms with Crippen LogP contribution in [0.25, 0.3) is 6.08 Å². The van der Waals surface area contributed by atoms with Gasteiger partial charge in [0, 0.05) is 18.3 Å². The van der Waals surface area contributed by atoms with Crippen LogP contribution in [0.5, 0.6) is 0 Å². The number of benzene rings is 1. The van der Waals surface area contributed by atoms with E-state index in [4.69, 9.17) is 0 Å². The molecule has 22 heavy (non-hydrogen) atoms. The molecule has 0 spiro atoms. The van der Waals surface area contributed by atoms with E-state index >= 15 is 0 Å². The molecule has 0 radical (unpaired) electrons. The molecule has 1 aliphatic carbocycles. The molecule has 0 saturated heterocycles. The molecule has 0 aliphatic heterocycles. The molecule has 4 heteroatoms. The van der Waals surface area contributed by atoms with E-state index in [0.717, 1.165) is 24.9 Å². The molecule has 0 saturated carbocycles. The van der Waals surface area contributed by atoms with Gasteiger partial charge in [-0.25, -0.2) is 0 Å². The van der Waals surface area contributed by atoms with Crippen LogP contribution in [-0.4, -0.2) is 22.2 Å². The smallest absolute Gasteiger partial charge is 0.244 e. The fraction of sp³-hybridized carbons (Fsp3) is 0.333. The minimum atomic E-state index is -0.0649. The average Bonchev–Trinajstić information content (AvgIpc) is 2.97. The van der Waals surface area contributed by atoms with Crippen LogP contribution in [0.3, 0.4) is 0 Å². The topological polar surface area (TPSA) is 46.9 Å². The van der Waals surface area contributed by atoms with Gasteiger partial charge in [-0.3, -0.25) is 9.48 Å². The van der Waals surface area contributed by atoms with Gasteiger partial charge in [-0.15, -0.1) is 0 Å². The summed E-state index contributed by atoms with van der Waals surface area (Å²) in [5.41, 5.74) is 3.75. The van der Waals surface area contributed by atoms with Gasteiger partial charge in [-0.05, 0) is 42.9 Å². The molecule has 1 aromatic carbocycles. The molecule has 2 aromatic rings. The van der Waals surface area contributed by atoms with Crippen molar-refractivity contribution < 1.29 is 4.79 Å². The quantitative estimate of drug-likeness (QED) is 0.862. The van der Waals surface area contributed by atoms with Crippen molar-refractivity contribution in [1.29, 1.82) is 0 Å². The second kappa shape index (κ2) is 7.07. The van der Waals surface area contributed by atoms with Crippen molar-refractivity contribution in [3.05, 3.63) is 59.4 Å². The fourth-order valence-corrected chi connectivity index (χ4v) is 2.83. The summed E-state index contributed by atoms with van der Waals surface area (Å²) < 4.78 is 2.04. The molecule has 0 bridgehead atoms. The van der Waals surface area contributed by atoms with Crippen LogP contribution in [0.15, 0.2) is 42.6 Å². The molecule has 0 atom stereocenters. The predicted molar refractivity (Wildman–Crippen MR) is 87.4 cm³/mol. The van der Waals surface area contributed by atoms with Crippen LogP contribution >= 0.6 is 0 Å². The van der Waals surface area contributed by atoms with Crippen molar-refractivity contribution in [1.82, 2.24) is 15.1 Å². The van der Waals surface area contributed by atoms with Crippen molar-refractivity contribution in [2.24, 2.45) is 0 Å². The molecule has 3 rings (SSSR count). The Morgan fingerprint density at radius 1 is 1.23 bits per heavy atom. The summed E-state index contributed by atoms with van der Waals surface area (Å²) in [5, 5.41) is 7.35. The third kappa shape index (κ3) is 3.64. The van der Waals surface area contributed by atoms with Gasteiger partial charge in [0.05, 0.1) is 12.7 Å². The van der Waals surface area contributed by atoms with Gasteiger partial charge in [0.25, 0.3) is 0 Å². The number of hydrogen-bond acceptors (Lipinski definition) is 2. The second-order valence-electron chi connectivity index (χ2n) is 5.58. The first-order valence-electron chi connectivity index (χ1n) is 7.87. The summed E-state index contributed by atoms with van der Waals surface area (Å²) in [5.74, 6) is -0.0649. The molecule has 4 nitrogen and oxygen atoms in total. The van der Waals surface area contributed by atoms with Gasteiger partial charge in [0.2, 0.25) is 5.91 Å². The number of nitrogens with one attached hydrogen (secondary N) is 1. The Bertz CT molecular complexity index is 658. The zero-order valence-corrected chi connectivity index (χ0v) is 12.7. The van der Waals surface area contributed by atoms with E-state index in [-0.39, 0.29) is 5.91 Å². The maximum absolute atomic E-state index is 11.8. The molecule has 0 unspecified atom stereocenters. The van der Waals surface area contributed by atoms with Crippen LogP contribution in [0, 0.1) is 0 Å². The van der Waals surface area contributed by atoms with Gasteiger partial charge in [0.1, 0.15) is 0 Å². The van der Waals surface area contributed by atoms with Crippen LogP contribution in [0.2, 0.25) is 0 Å². The maximum atomic E-state index is 11.8. The van der Waals surface area contributed by atoms with Gasteiger partial charge >= 0.3 is 0 Å². The van der Waals surface area contributed by atoms with E-state index in [0.29, 0.717) is 6.54 Å². The van der Waals surface area contributed by atoms with Crippen molar-refractivity contribution >= 4 is 12.0 Å². The van der Waals surface area contributed by atoms with E-state index in [9.17, 15) is 4.79 Å². The zero-order valence-electron chi connectivity index (χ0n) is 12.7. The molecular formula is C18H21N3O. The maximum Gasteiger partial charge on any atom is 0.244 e. The second-order valence-corrected chi connectivity index (χ2v) is 5.58. The minimum Gasteiger partial charge on any atom is -0.351 e. The molecule has 0 fully saturated rings. The Labute approximate surface area is 130 Å². The molecule has 1 heterocycles. The highest BCUT2D eigenvalue weighted by Crippen LogP contribution is 2.20. The number of hydrogen-bond donors (Lipinski definition) is 1. The highest BCUT2D eigenvalue weighted by molar-refractivity contribution is 5.91. The lowest BCUT2D eigenvalue weighted by atomic mass is 9.98. The Morgan fingerprint density at radius 3 is 2.91 bits per heavy atom. The van der Waals surface area contributed by atoms with Gasteiger partial charge in [0.15, 0.2) is 0 Å². The fourth-order valence-electron chi connectivity index (χ4n) is 2.83. The van der Waals surface area contributed by atoms with Crippen LogP contribution in [0.1, 0.15) is 29.7 Å². The average molecular weight is 295 g/mol. The number of aryl methyl sites for hydroxylation is 1. The summed E-state index contributed by atoms with van der Waals surface area (Å²) in [6.07, 6.45) is 10.1. The standard InChI is InChI=1S/C18H21N3O/c22-18(11-10-15-6-2-1-3-7-15)19-12-13-21-17-9-5-4-8-16(17)14-20-21/h1-3,6-7,10-11,14H,4-5,8-9,12-13H2,(H,19,22). The monoisotopic (exact) mass is 295 g/mol. The normalized spacial score (nSPS) is 14.0. The summed E-state index contributed by atoms with van der Waals surface area (Å²) in [6.45, 7) is 1.34. The third-order valence-corrected chi connectivity index (χ3v) is 3.99. The minimum absolute atomic E-state index is 0.0649. The number of carbonyl (C=O) groups is 1. The predicted octanol–water partition coefficient (Wildman–Crippen LogP) is 2.59. The van der Waals surface area contributed by atoms with E-state index < -0.39 is 0 Å². The number of amides is 1. The first kappa shape index (κ1) is 14.6. The van der Waals surface area contributed by atoms with Crippen LogP contribution < -0.4 is 5.32 Å². The largest absolute Gasteiger partial charge is 0.351 e. The van der Waals surface area contributed by atoms with Crippen LogP contribution in [-0.2, 0) is 24.2 Å². The van der Waals surface area contributed by atoms with Crippen molar-refractivity contribution in [2.75, 3.05) is 6.54 Å². The van der Waals surface area contributed by atoms with Gasteiger partial charge in [-0.2, -0.15) is 5.10 Å². The summed E-state index contributed by atoms with van der Waals surface area (Å²) in [6, 6.07) is 9.82. The third-order valence-electron chi connectivity index (χ3n) is 3.99. The number of fused-ring (bicyclic) bond motifs is 1. The van der Waals surface area contributed by atoms with Crippen LogP contribution in [0.4, 0.5) is 0 Å². The van der Waals surface area contributed by atoms with Gasteiger partial charge < -0.3 is 5.32 Å². The Morgan fingerprint density at radius 2 is 2.05 bits per heavy atom. The lowest BCUT2D eigenvalue weighted by molar-refractivity contribution is -0.116. The Hall–Kier alpha value is -2.36. The van der Waals surface area contributed by atoms with Crippen molar-refractivity contribution in [2.45, 2.75) is 32.2 Å². The SMILES string of the molecule is O=C(C=Cc1ccccc1)NCCn1ncc2c1CCCC2. The lowest BCUT2D eigenvalue weighted by Gasteiger charge is -2.13. The van der Waals surface area contributed by atoms with E-state index in [2.05, 4.69) is 10.4 Å². The van der Waals surface area contributed by atoms with Gasteiger partial charge in [-0.1, -0.05) is 30.3 Å². The number of aromatic nitrogens is 2. The van der Waals surface area contributed by atoms with E-state index in [1.807, 2.05) is 47.3 Å². The summed E-state index contributed by atoms with van der Waals surface area (Å²) in [4.78, 5) is 11.8. The molecule has 1 aliphatic rings. The number of nitrogens with zero attached hydrogens (tertiary/aromatic N) is 2. The first-order valence-corrected chi connectivity index (χ1v) is 7.87. The summed E-state index contributed by atoms with van der Waals surface area (Å²) >= 11 is 0. The van der Waals surface area contributed by atoms with E-state index in [1.165, 1.54) is 24.1 Å². The Balaban J connectivity index is 1.48. The molecule has 1 amide bonds. The van der Waals surface area contributed by atoms with Crippen molar-refractivity contribution in [3.8, 4) is 0 Å². The lowest BCUT2D eigenvalue weighted by Crippen LogP contribution is -2.26. The number of carbonyl (C=O) groups excluding carboxylic acids is 1. The zero-order chi connectivity index (χ0) is 15.2. The Kier molecular flexibility index (Phi) is 4.68. The number of rotatable bonds is 5. The molecule has 1 N–H and O–H groups in total. The highest BCUT2D eigenvalue weighted by atomic mass is 16.1. The van der Waals surface area contributed by atoms with Crippen molar-refractivity contribution in [3.63, 3.8) is 0 Å². The molecular weight excluding hydrogens is 274 g/mol. The highest BCUT2D eigenvalue weighted by Gasteiger charge is 2.14. The molecule has 114 valence electrons. The molecule has 1 aromatic heterocycles.